The fourth-order valence-corrected chi connectivity index (χ4v) is 5.50. The Morgan fingerprint density at radius 1 is 0.933 bits per heavy atom. The van der Waals surface area contributed by atoms with E-state index < -0.39 is 0 Å². The summed E-state index contributed by atoms with van der Waals surface area (Å²) >= 11 is 0. The summed E-state index contributed by atoms with van der Waals surface area (Å²) in [5, 5.41) is 0. The van der Waals surface area contributed by atoms with Crippen LogP contribution in [0.15, 0.2) is 18.2 Å². The largest absolute Gasteiger partial charge is 0.493 e. The second-order valence-electron chi connectivity index (χ2n) is 8.93. The molecule has 2 atom stereocenters. The lowest BCUT2D eigenvalue weighted by atomic mass is 9.78. The summed E-state index contributed by atoms with van der Waals surface area (Å²) in [6, 6.07) is 6.18. The van der Waals surface area contributed by atoms with Crippen molar-refractivity contribution in [2.45, 2.75) is 63.5 Å². The minimum Gasteiger partial charge on any atom is -0.493 e. The van der Waals surface area contributed by atoms with E-state index in [0.717, 1.165) is 38.4 Å². The standard InChI is InChI=1S/C24H36N2O4/c1-28-21-10-5-11-22(29-2)24(21)30-19-12-15-25(16-13-19)17-23(27)26-14-6-8-18-7-3-4-9-20(18)26/h5,10-11,18-20H,3-4,6-9,12-17H2,1-2H3. The molecule has 3 fully saturated rings. The van der Waals surface area contributed by atoms with Crippen LogP contribution < -0.4 is 14.2 Å². The van der Waals surface area contributed by atoms with Gasteiger partial charge in [0.15, 0.2) is 11.5 Å². The lowest BCUT2D eigenvalue weighted by molar-refractivity contribution is -0.139. The highest BCUT2D eigenvalue weighted by molar-refractivity contribution is 5.78. The molecule has 2 saturated heterocycles. The molecule has 1 aromatic carbocycles. The summed E-state index contributed by atoms with van der Waals surface area (Å²) in [4.78, 5) is 17.6. The highest BCUT2D eigenvalue weighted by Gasteiger charge is 2.36. The summed E-state index contributed by atoms with van der Waals surface area (Å²) < 4.78 is 17.2. The van der Waals surface area contributed by atoms with Crippen LogP contribution in [0.2, 0.25) is 0 Å². The Morgan fingerprint density at radius 2 is 1.60 bits per heavy atom. The number of likely N-dealkylation sites (tertiary alicyclic amines) is 2. The fraction of sp³-hybridized carbons (Fsp3) is 0.708. The Kier molecular flexibility index (Phi) is 7.03. The molecule has 30 heavy (non-hydrogen) atoms. The number of nitrogens with zero attached hydrogens (tertiary/aromatic N) is 2. The van der Waals surface area contributed by atoms with Crippen LogP contribution in [0, 0.1) is 5.92 Å². The number of fused-ring (bicyclic) bond motifs is 1. The zero-order valence-corrected chi connectivity index (χ0v) is 18.5. The minimum atomic E-state index is 0.110. The van der Waals surface area contributed by atoms with Gasteiger partial charge >= 0.3 is 0 Å². The Bertz CT molecular complexity index is 693. The maximum Gasteiger partial charge on any atom is 0.237 e. The lowest BCUT2D eigenvalue weighted by Crippen LogP contribution is -2.53. The van der Waals surface area contributed by atoms with Crippen LogP contribution in [-0.2, 0) is 4.79 Å². The molecule has 0 spiro atoms. The van der Waals surface area contributed by atoms with Gasteiger partial charge in [0.05, 0.1) is 20.8 Å². The Hall–Kier alpha value is -1.95. The third-order valence-electron chi connectivity index (χ3n) is 7.12. The molecule has 1 saturated carbocycles. The van der Waals surface area contributed by atoms with Crippen molar-refractivity contribution in [2.75, 3.05) is 40.4 Å². The summed E-state index contributed by atoms with van der Waals surface area (Å²) in [5.74, 6) is 3.13. The van der Waals surface area contributed by atoms with Gasteiger partial charge in [0.25, 0.3) is 0 Å². The average molecular weight is 417 g/mol. The number of piperidine rings is 2. The van der Waals surface area contributed by atoms with Gasteiger partial charge in [-0.3, -0.25) is 9.69 Å². The van der Waals surface area contributed by atoms with Gasteiger partial charge in [0, 0.05) is 25.7 Å². The number of carbonyl (C=O) groups excluding carboxylic acids is 1. The van der Waals surface area contributed by atoms with Gasteiger partial charge in [-0.25, -0.2) is 0 Å². The molecule has 1 aliphatic carbocycles. The van der Waals surface area contributed by atoms with E-state index >= 15 is 0 Å². The van der Waals surface area contributed by atoms with Crippen molar-refractivity contribution < 1.29 is 19.0 Å². The fourth-order valence-electron chi connectivity index (χ4n) is 5.50. The van der Waals surface area contributed by atoms with Gasteiger partial charge in [0.2, 0.25) is 11.7 Å². The smallest absolute Gasteiger partial charge is 0.237 e. The van der Waals surface area contributed by atoms with Gasteiger partial charge in [-0.05, 0) is 56.6 Å². The molecule has 4 rings (SSSR count). The third-order valence-corrected chi connectivity index (χ3v) is 7.12. The molecule has 166 valence electrons. The average Bonchev–Trinajstić information content (AvgIpc) is 2.80. The first-order valence-electron chi connectivity index (χ1n) is 11.6. The molecule has 2 unspecified atom stereocenters. The number of methoxy groups -OCH3 is 2. The molecule has 0 radical (unpaired) electrons. The van der Waals surface area contributed by atoms with E-state index in [2.05, 4.69) is 9.80 Å². The molecule has 2 aliphatic heterocycles. The van der Waals surface area contributed by atoms with E-state index in [9.17, 15) is 4.79 Å². The zero-order chi connectivity index (χ0) is 20.9. The minimum absolute atomic E-state index is 0.110. The van der Waals surface area contributed by atoms with Crippen LogP contribution in [0.3, 0.4) is 0 Å². The van der Waals surface area contributed by atoms with E-state index in [1.165, 1.54) is 38.5 Å². The van der Waals surface area contributed by atoms with Gasteiger partial charge in [-0.1, -0.05) is 18.9 Å². The van der Waals surface area contributed by atoms with Crippen LogP contribution in [0.5, 0.6) is 17.2 Å². The van der Waals surface area contributed by atoms with Gasteiger partial charge in [-0.2, -0.15) is 0 Å². The number of hydrogen-bond donors (Lipinski definition) is 0. The van der Waals surface area contributed by atoms with Crippen molar-refractivity contribution in [3.05, 3.63) is 18.2 Å². The SMILES string of the molecule is COc1cccc(OC)c1OC1CCN(CC(=O)N2CCCC3CCCCC32)CC1. The highest BCUT2D eigenvalue weighted by atomic mass is 16.5. The van der Waals surface area contributed by atoms with Crippen LogP contribution in [0.25, 0.3) is 0 Å². The van der Waals surface area contributed by atoms with E-state index in [-0.39, 0.29) is 6.10 Å². The van der Waals surface area contributed by atoms with Crippen molar-refractivity contribution in [1.29, 1.82) is 0 Å². The molecular formula is C24H36N2O4. The number of carbonyl (C=O) groups is 1. The zero-order valence-electron chi connectivity index (χ0n) is 18.5. The predicted octanol–water partition coefficient (Wildman–Crippen LogP) is 3.73. The summed E-state index contributed by atoms with van der Waals surface area (Å²) in [6.45, 7) is 3.27. The number of para-hydroxylation sites is 1. The quantitative estimate of drug-likeness (QED) is 0.707. The molecule has 1 aromatic rings. The van der Waals surface area contributed by atoms with Crippen molar-refractivity contribution in [1.82, 2.24) is 9.80 Å². The molecule has 6 nitrogen and oxygen atoms in total. The lowest BCUT2D eigenvalue weighted by Gasteiger charge is -2.45. The number of hydrogen-bond acceptors (Lipinski definition) is 5. The Labute approximate surface area is 180 Å². The highest BCUT2D eigenvalue weighted by Crippen LogP contribution is 2.39. The van der Waals surface area contributed by atoms with E-state index in [4.69, 9.17) is 14.2 Å². The number of ether oxygens (including phenoxy) is 3. The first-order chi connectivity index (χ1) is 14.7. The first-order valence-corrected chi connectivity index (χ1v) is 11.6. The van der Waals surface area contributed by atoms with Crippen molar-refractivity contribution in [3.8, 4) is 17.2 Å². The number of rotatable bonds is 6. The van der Waals surface area contributed by atoms with Crippen LogP contribution in [-0.4, -0.2) is 68.3 Å². The maximum absolute atomic E-state index is 13.1. The van der Waals surface area contributed by atoms with Crippen molar-refractivity contribution in [3.63, 3.8) is 0 Å². The Balaban J connectivity index is 1.29. The molecule has 1 amide bonds. The van der Waals surface area contributed by atoms with Crippen molar-refractivity contribution >= 4 is 5.91 Å². The second kappa shape index (κ2) is 9.90. The maximum atomic E-state index is 13.1. The molecule has 0 aromatic heterocycles. The van der Waals surface area contributed by atoms with Crippen LogP contribution >= 0.6 is 0 Å². The Morgan fingerprint density at radius 3 is 2.30 bits per heavy atom. The first kappa shape index (κ1) is 21.3. The molecule has 0 bridgehead atoms. The third kappa shape index (κ3) is 4.69. The van der Waals surface area contributed by atoms with Gasteiger partial charge < -0.3 is 19.1 Å². The van der Waals surface area contributed by atoms with Gasteiger partial charge in [-0.15, -0.1) is 0 Å². The van der Waals surface area contributed by atoms with Gasteiger partial charge in [0.1, 0.15) is 6.10 Å². The molecule has 2 heterocycles. The van der Waals surface area contributed by atoms with E-state index in [0.29, 0.717) is 35.7 Å². The van der Waals surface area contributed by atoms with E-state index in [1.54, 1.807) is 14.2 Å². The number of amides is 1. The molecular weight excluding hydrogens is 380 g/mol. The molecule has 0 N–H and O–H groups in total. The summed E-state index contributed by atoms with van der Waals surface area (Å²) in [5.41, 5.74) is 0. The molecule has 3 aliphatic rings. The topological polar surface area (TPSA) is 51.2 Å². The predicted molar refractivity (Wildman–Crippen MR) is 116 cm³/mol. The monoisotopic (exact) mass is 416 g/mol. The normalized spacial score (nSPS) is 25.5. The molecule has 6 heteroatoms. The summed E-state index contributed by atoms with van der Waals surface area (Å²) in [6.07, 6.45) is 9.53. The number of benzene rings is 1. The van der Waals surface area contributed by atoms with Crippen LogP contribution in [0.4, 0.5) is 0 Å². The second-order valence-corrected chi connectivity index (χ2v) is 8.93. The van der Waals surface area contributed by atoms with Crippen LogP contribution in [0.1, 0.15) is 51.4 Å². The summed E-state index contributed by atoms with van der Waals surface area (Å²) in [7, 11) is 3.29. The van der Waals surface area contributed by atoms with Crippen molar-refractivity contribution in [2.24, 2.45) is 5.92 Å². The van der Waals surface area contributed by atoms with E-state index in [1.807, 2.05) is 18.2 Å².